The summed E-state index contributed by atoms with van der Waals surface area (Å²) < 4.78 is 26.6. The Morgan fingerprint density at radius 1 is 0.918 bits per heavy atom. The van der Waals surface area contributed by atoms with Crippen LogP contribution in [0.2, 0.25) is 5.02 Å². The molecule has 3 fully saturated rings. The van der Waals surface area contributed by atoms with Gasteiger partial charge in [-0.15, -0.1) is 21.5 Å². The highest BCUT2D eigenvalue weighted by Crippen LogP contribution is 2.72. The lowest BCUT2D eigenvalue weighted by Gasteiger charge is -2.59. The number of amides is 2. The van der Waals surface area contributed by atoms with Gasteiger partial charge in [0.15, 0.2) is 11.6 Å². The van der Waals surface area contributed by atoms with Gasteiger partial charge in [0.05, 0.1) is 43.4 Å². The highest BCUT2D eigenvalue weighted by atomic mass is 35.5. The van der Waals surface area contributed by atoms with Crippen LogP contribution in [0.25, 0.3) is 16.3 Å². The first-order chi connectivity index (χ1) is 34.9. The van der Waals surface area contributed by atoms with Crippen LogP contribution in [0, 0.1) is 48.9 Å². The lowest BCUT2D eigenvalue weighted by molar-refractivity contribution is -0.190. The number of thiophene rings is 1. The largest absolute Gasteiger partial charge is 0.469 e. The smallest absolute Gasteiger partial charge is 0.316 e. The van der Waals surface area contributed by atoms with Crippen LogP contribution in [0.5, 0.6) is 0 Å². The molecule has 3 aromatic heterocycles. The van der Waals surface area contributed by atoms with E-state index in [2.05, 4.69) is 48.5 Å². The number of allylic oxidation sites excluding steroid dienone is 2. The van der Waals surface area contributed by atoms with Crippen LogP contribution in [0.3, 0.4) is 0 Å². The summed E-state index contributed by atoms with van der Waals surface area (Å²) in [6.45, 7) is 14.6. The first kappa shape index (κ1) is 48.8. The number of fused-ring (bicyclic) bond motifs is 7. The van der Waals surface area contributed by atoms with Gasteiger partial charge in [0.25, 0.3) is 5.91 Å². The molecule has 1 saturated carbocycles. The Morgan fingerprint density at radius 3 is 2.38 bits per heavy atom. The SMILES string of the molecule is COC(=O)C[C@H]1[C@]2(C)C3=C(C)[C@H](c4ccoc4-c4ccc(C(=O)NCCCNC(=O)C[C@@H]5N=C(c6ccc(Cl)cc6)c6c(sc(C)c6C)-n6c(C)nnc65)cc4)C[C@H]3O[C@@H]2[C@@H]2OC(=O)[C@]3(C)C=CC(=O)[C@@]1(C)[C@@H]23. The van der Waals surface area contributed by atoms with Crippen molar-refractivity contribution in [3.63, 3.8) is 0 Å². The number of benzene rings is 2. The average Bonchev–Trinajstić information content (AvgIpc) is 4.22. The normalized spacial score (nSPS) is 29.4. The van der Waals surface area contributed by atoms with Crippen molar-refractivity contribution in [3.05, 3.63) is 134 Å². The van der Waals surface area contributed by atoms with Crippen molar-refractivity contribution in [1.82, 2.24) is 25.4 Å². The molecular formula is C56H57ClN6O9S. The number of halogens is 1. The standard InChI is InChI=1S/C56H57ClN6O9S/c1-27-29(3)73-52-43(27)45(31-14-16-34(57)17-15-31)60-37(50-62-61-30(4)63(50)52)25-41(65)58-21-9-22-59-51(67)33-12-10-32(11-13-33)46-35(19-23-70-46)36-24-38-44(28(36)2)56(7)39(26-42(66)69-8)55(6)40(64)18-20-54(5)48(55)47(49(56)71-38)72-53(54)68/h10-20,23,36-39,47-49H,9,21-22,24-26H2,1-8H3,(H,58,65)(H,59,67)/t36-,37+,38-,39-,47-,48+,49-,54-,55+,56-/m1/s1. The molecule has 73 heavy (non-hydrogen) atoms. The monoisotopic (exact) mass is 1020 g/mol. The number of aliphatic imine (C=N–C) groups is 1. The van der Waals surface area contributed by atoms with E-state index in [1.807, 2.05) is 67.8 Å². The fraction of sp³-hybridized carbons (Fsp3) is 0.429. The van der Waals surface area contributed by atoms with Gasteiger partial charge in [0, 0.05) is 73.5 Å². The Labute approximate surface area is 431 Å². The van der Waals surface area contributed by atoms with E-state index in [4.69, 9.17) is 35.2 Å². The maximum atomic E-state index is 14.2. The van der Waals surface area contributed by atoms with Gasteiger partial charge in [0.2, 0.25) is 5.91 Å². The highest BCUT2D eigenvalue weighted by molar-refractivity contribution is 7.15. The predicted octanol–water partition coefficient (Wildman–Crippen LogP) is 8.85. The molecule has 17 heteroatoms. The van der Waals surface area contributed by atoms with Crippen molar-refractivity contribution in [2.45, 2.75) is 104 Å². The van der Waals surface area contributed by atoms with Crippen molar-refractivity contribution < 1.29 is 42.6 Å². The second kappa shape index (κ2) is 17.9. The van der Waals surface area contributed by atoms with E-state index < -0.39 is 52.3 Å². The molecule has 2 N–H and O–H groups in total. The number of aryl methyl sites for hydroxylation is 2. The third-order valence-corrected chi connectivity index (χ3v) is 18.6. The summed E-state index contributed by atoms with van der Waals surface area (Å²) in [7, 11) is 1.35. The van der Waals surface area contributed by atoms with Gasteiger partial charge in [-0.1, -0.05) is 61.4 Å². The van der Waals surface area contributed by atoms with Crippen LogP contribution in [-0.2, 0) is 33.4 Å². The minimum absolute atomic E-state index is 0.0228. The fourth-order valence-electron chi connectivity index (χ4n) is 13.5. The van der Waals surface area contributed by atoms with E-state index in [0.29, 0.717) is 53.9 Å². The maximum absolute atomic E-state index is 14.2. The number of rotatable bonds is 12. The van der Waals surface area contributed by atoms with Gasteiger partial charge in [-0.05, 0) is 101 Å². The molecule has 6 heterocycles. The minimum Gasteiger partial charge on any atom is -0.469 e. The number of aromatic nitrogens is 3. The molecule has 15 nitrogen and oxygen atoms in total. The Bertz CT molecular complexity index is 3240. The number of nitrogens with zero attached hydrogens (tertiary/aromatic N) is 4. The molecular weight excluding hydrogens is 968 g/mol. The van der Waals surface area contributed by atoms with E-state index in [-0.39, 0.29) is 48.4 Å². The highest BCUT2D eigenvalue weighted by Gasteiger charge is 2.78. The molecule has 10 atom stereocenters. The molecule has 2 aromatic carbocycles. The summed E-state index contributed by atoms with van der Waals surface area (Å²) in [5.74, 6) is -0.578. The molecule has 0 spiro atoms. The molecule has 0 unspecified atom stereocenters. The Morgan fingerprint density at radius 2 is 1.64 bits per heavy atom. The second-order valence-corrected chi connectivity index (χ2v) is 22.6. The number of methoxy groups -OCH3 is 1. The minimum atomic E-state index is -1.11. The zero-order valence-electron chi connectivity index (χ0n) is 42.0. The van der Waals surface area contributed by atoms with Crippen LogP contribution >= 0.6 is 22.9 Å². The quantitative estimate of drug-likeness (QED) is 0.0689. The number of hydrogen-bond donors (Lipinski definition) is 2. The van der Waals surface area contributed by atoms with Gasteiger partial charge >= 0.3 is 11.9 Å². The van der Waals surface area contributed by atoms with E-state index in [1.54, 1.807) is 35.8 Å². The van der Waals surface area contributed by atoms with Crippen molar-refractivity contribution >= 4 is 58.2 Å². The summed E-state index contributed by atoms with van der Waals surface area (Å²) in [5.41, 5.74) is 5.10. The molecule has 3 aliphatic carbocycles. The summed E-state index contributed by atoms with van der Waals surface area (Å²) in [4.78, 5) is 74.3. The Balaban J connectivity index is 0.748. The zero-order valence-corrected chi connectivity index (χ0v) is 43.5. The molecule has 3 aliphatic heterocycles. The fourth-order valence-corrected chi connectivity index (χ4v) is 14.8. The maximum Gasteiger partial charge on any atom is 0.316 e. The molecule has 2 amide bonds. The summed E-state index contributed by atoms with van der Waals surface area (Å²) in [5, 5.41) is 16.5. The number of ketones is 1. The van der Waals surface area contributed by atoms with Crippen LogP contribution in [0.4, 0.5) is 0 Å². The van der Waals surface area contributed by atoms with Gasteiger partial charge in [-0.2, -0.15) is 0 Å². The average molecular weight is 1030 g/mol. The molecule has 5 aromatic rings. The van der Waals surface area contributed by atoms with Gasteiger partial charge in [-0.3, -0.25) is 33.5 Å². The molecule has 0 radical (unpaired) electrons. The number of hydrogen-bond acceptors (Lipinski definition) is 13. The number of carbonyl (C=O) groups is 5. The lowest BCUT2D eigenvalue weighted by Crippen LogP contribution is -2.66. The lowest BCUT2D eigenvalue weighted by atomic mass is 9.42. The van der Waals surface area contributed by atoms with E-state index >= 15 is 0 Å². The summed E-state index contributed by atoms with van der Waals surface area (Å²) in [6.07, 6.45) is 4.38. The Hall–Kier alpha value is -6.49. The molecule has 378 valence electrons. The van der Waals surface area contributed by atoms with Gasteiger partial charge < -0.3 is 29.3 Å². The Kier molecular flexibility index (Phi) is 11.9. The molecule has 6 aliphatic rings. The van der Waals surface area contributed by atoms with Crippen molar-refractivity contribution in [2.24, 2.45) is 33.1 Å². The third-order valence-electron chi connectivity index (χ3n) is 17.1. The zero-order chi connectivity index (χ0) is 51.5. The third kappa shape index (κ3) is 7.44. The van der Waals surface area contributed by atoms with Crippen LogP contribution in [0.1, 0.15) is 114 Å². The van der Waals surface area contributed by atoms with Crippen LogP contribution in [-0.4, -0.2) is 88.5 Å². The van der Waals surface area contributed by atoms with E-state index in [1.165, 1.54) is 13.2 Å². The predicted molar refractivity (Wildman–Crippen MR) is 273 cm³/mol. The number of nitrogens with one attached hydrogen (secondary N) is 2. The van der Waals surface area contributed by atoms with Crippen molar-refractivity contribution in [1.29, 1.82) is 0 Å². The van der Waals surface area contributed by atoms with Crippen LogP contribution < -0.4 is 10.6 Å². The number of ether oxygens (including phenoxy) is 3. The molecule has 11 rings (SSSR count). The molecule has 2 saturated heterocycles. The summed E-state index contributed by atoms with van der Waals surface area (Å²) >= 11 is 7.92. The summed E-state index contributed by atoms with van der Waals surface area (Å²) in [6, 6.07) is 16.2. The van der Waals surface area contributed by atoms with Gasteiger partial charge in [-0.25, -0.2) is 0 Å². The van der Waals surface area contributed by atoms with E-state index in [9.17, 15) is 24.0 Å². The molecule has 0 bridgehead atoms. The first-order valence-corrected chi connectivity index (χ1v) is 26.1. The van der Waals surface area contributed by atoms with E-state index in [0.717, 1.165) is 54.6 Å². The number of esters is 2. The van der Waals surface area contributed by atoms with Crippen LogP contribution in [0.15, 0.2) is 93.6 Å². The van der Waals surface area contributed by atoms with Crippen molar-refractivity contribution in [2.75, 3.05) is 20.2 Å². The topological polar surface area (TPSA) is 193 Å². The van der Waals surface area contributed by atoms with Crippen molar-refractivity contribution in [3.8, 4) is 16.3 Å². The van der Waals surface area contributed by atoms with Gasteiger partial charge in [0.1, 0.15) is 34.8 Å². The first-order valence-electron chi connectivity index (χ1n) is 24.9. The second-order valence-electron chi connectivity index (χ2n) is 21.0. The number of carbonyl (C=O) groups excluding carboxylic acids is 5. The number of furan rings is 1.